The van der Waals surface area contributed by atoms with Gasteiger partial charge in [0.05, 0.1) is 16.8 Å². The molecule has 6 heteroatoms. The molecular formula is C21H19BrN2O3. The van der Waals surface area contributed by atoms with E-state index in [9.17, 15) is 14.4 Å². The first-order valence-corrected chi connectivity index (χ1v) is 9.93. The summed E-state index contributed by atoms with van der Waals surface area (Å²) >= 11 is 3.40. The van der Waals surface area contributed by atoms with Gasteiger partial charge in [0.2, 0.25) is 0 Å². The zero-order valence-electron chi connectivity index (χ0n) is 14.7. The molecule has 1 heterocycles. The van der Waals surface area contributed by atoms with Crippen molar-refractivity contribution in [3.05, 3.63) is 63.6 Å². The van der Waals surface area contributed by atoms with E-state index in [4.69, 9.17) is 0 Å². The number of nitrogens with zero attached hydrogens (tertiary/aromatic N) is 1. The summed E-state index contributed by atoms with van der Waals surface area (Å²) in [6.45, 7) is 0. The van der Waals surface area contributed by atoms with Gasteiger partial charge in [0, 0.05) is 16.1 Å². The van der Waals surface area contributed by atoms with Crippen molar-refractivity contribution in [2.45, 2.75) is 38.1 Å². The number of fused-ring (bicyclic) bond motifs is 1. The molecule has 0 unspecified atom stereocenters. The molecule has 2 aromatic carbocycles. The van der Waals surface area contributed by atoms with Crippen molar-refractivity contribution < 1.29 is 14.4 Å². The molecule has 0 saturated heterocycles. The van der Waals surface area contributed by atoms with Gasteiger partial charge in [-0.25, -0.2) is 0 Å². The van der Waals surface area contributed by atoms with Gasteiger partial charge in [-0.2, -0.15) is 0 Å². The smallest absolute Gasteiger partial charge is 0.261 e. The molecule has 0 aromatic heterocycles. The van der Waals surface area contributed by atoms with Gasteiger partial charge in [0.15, 0.2) is 0 Å². The van der Waals surface area contributed by atoms with Crippen molar-refractivity contribution in [2.24, 2.45) is 0 Å². The Hall–Kier alpha value is -2.47. The van der Waals surface area contributed by atoms with E-state index in [0.29, 0.717) is 22.4 Å². The molecule has 27 heavy (non-hydrogen) atoms. The highest BCUT2D eigenvalue weighted by Gasteiger charge is 2.40. The number of benzene rings is 2. The fraction of sp³-hybridized carbons (Fsp3) is 0.286. The van der Waals surface area contributed by atoms with Crippen LogP contribution in [0.25, 0.3) is 0 Å². The topological polar surface area (TPSA) is 66.5 Å². The Labute approximate surface area is 165 Å². The molecule has 3 amide bonds. The van der Waals surface area contributed by atoms with Gasteiger partial charge in [0.1, 0.15) is 0 Å². The summed E-state index contributed by atoms with van der Waals surface area (Å²) in [5.41, 5.74) is 1.72. The fourth-order valence-corrected chi connectivity index (χ4v) is 4.21. The standard InChI is InChI=1S/C21H19BrN2O3/c22-17-8-4-5-9-18(17)23-19(25)13-10-11-15-16(12-13)21(27)24(20(15)26)14-6-2-1-3-7-14/h4-5,8-12,14H,1-3,6-7H2,(H,23,25). The van der Waals surface area contributed by atoms with Crippen molar-refractivity contribution in [2.75, 3.05) is 5.32 Å². The Balaban J connectivity index is 1.59. The van der Waals surface area contributed by atoms with Crippen molar-refractivity contribution >= 4 is 39.3 Å². The predicted octanol–water partition coefficient (Wildman–Crippen LogP) is 4.63. The maximum Gasteiger partial charge on any atom is 0.261 e. The summed E-state index contributed by atoms with van der Waals surface area (Å²) in [4.78, 5) is 39.6. The minimum Gasteiger partial charge on any atom is -0.321 e. The second-order valence-corrected chi connectivity index (χ2v) is 7.82. The molecule has 0 radical (unpaired) electrons. The summed E-state index contributed by atoms with van der Waals surface area (Å²) in [5.74, 6) is -0.835. The van der Waals surface area contributed by atoms with Crippen LogP contribution in [0.15, 0.2) is 46.9 Å². The first-order chi connectivity index (χ1) is 13.1. The number of hydrogen-bond donors (Lipinski definition) is 1. The van der Waals surface area contributed by atoms with E-state index in [-0.39, 0.29) is 23.8 Å². The number of para-hydroxylation sites is 1. The van der Waals surface area contributed by atoms with Gasteiger partial charge >= 0.3 is 0 Å². The molecule has 138 valence electrons. The van der Waals surface area contributed by atoms with E-state index in [0.717, 1.165) is 36.6 Å². The Morgan fingerprint density at radius 2 is 1.67 bits per heavy atom. The number of imide groups is 1. The number of carbonyl (C=O) groups excluding carboxylic acids is 3. The van der Waals surface area contributed by atoms with Crippen LogP contribution in [0.1, 0.15) is 63.2 Å². The van der Waals surface area contributed by atoms with E-state index < -0.39 is 0 Å². The molecule has 5 nitrogen and oxygen atoms in total. The summed E-state index contributed by atoms with van der Waals surface area (Å²) in [7, 11) is 0. The van der Waals surface area contributed by atoms with Gasteiger partial charge < -0.3 is 5.32 Å². The minimum absolute atomic E-state index is 0.0244. The van der Waals surface area contributed by atoms with E-state index in [2.05, 4.69) is 21.2 Å². The van der Waals surface area contributed by atoms with Crippen molar-refractivity contribution in [1.82, 2.24) is 4.90 Å². The predicted molar refractivity (Wildman–Crippen MR) is 106 cm³/mol. The van der Waals surface area contributed by atoms with E-state index in [1.165, 1.54) is 11.0 Å². The number of halogens is 1. The number of anilines is 1. The van der Waals surface area contributed by atoms with Crippen LogP contribution >= 0.6 is 15.9 Å². The van der Waals surface area contributed by atoms with Crippen LogP contribution in [0, 0.1) is 0 Å². The summed E-state index contributed by atoms with van der Waals surface area (Å²) in [6.07, 6.45) is 4.95. The van der Waals surface area contributed by atoms with Crippen LogP contribution in [0.5, 0.6) is 0 Å². The van der Waals surface area contributed by atoms with Gasteiger partial charge in [-0.15, -0.1) is 0 Å². The van der Waals surface area contributed by atoms with Crippen molar-refractivity contribution in [3.8, 4) is 0 Å². The fourth-order valence-electron chi connectivity index (χ4n) is 3.83. The molecule has 0 spiro atoms. The lowest BCUT2D eigenvalue weighted by Gasteiger charge is -2.29. The van der Waals surface area contributed by atoms with Crippen molar-refractivity contribution in [3.63, 3.8) is 0 Å². The maximum absolute atomic E-state index is 12.9. The van der Waals surface area contributed by atoms with Crippen LogP contribution in [0.4, 0.5) is 5.69 Å². The van der Waals surface area contributed by atoms with E-state index in [1.807, 2.05) is 18.2 Å². The van der Waals surface area contributed by atoms with Gasteiger partial charge in [-0.1, -0.05) is 31.4 Å². The van der Waals surface area contributed by atoms with Gasteiger partial charge in [-0.05, 0) is 59.1 Å². The van der Waals surface area contributed by atoms with Gasteiger partial charge in [0.25, 0.3) is 17.7 Å². The number of amides is 3. The van der Waals surface area contributed by atoms with Crippen LogP contribution < -0.4 is 5.32 Å². The lowest BCUT2D eigenvalue weighted by molar-refractivity contribution is 0.0549. The lowest BCUT2D eigenvalue weighted by atomic mass is 9.94. The quantitative estimate of drug-likeness (QED) is 0.727. The second kappa shape index (κ2) is 7.27. The molecule has 2 aliphatic rings. The molecule has 0 bridgehead atoms. The van der Waals surface area contributed by atoms with Crippen LogP contribution in [-0.2, 0) is 0 Å². The monoisotopic (exact) mass is 426 g/mol. The highest BCUT2D eigenvalue weighted by Crippen LogP contribution is 2.31. The molecule has 1 fully saturated rings. The zero-order valence-corrected chi connectivity index (χ0v) is 16.3. The zero-order chi connectivity index (χ0) is 19.0. The lowest BCUT2D eigenvalue weighted by Crippen LogP contribution is -2.40. The Kier molecular flexibility index (Phi) is 4.83. The normalized spacial score (nSPS) is 17.1. The first-order valence-electron chi connectivity index (χ1n) is 9.14. The summed E-state index contributed by atoms with van der Waals surface area (Å²) < 4.78 is 0.772. The van der Waals surface area contributed by atoms with Crippen LogP contribution in [0.2, 0.25) is 0 Å². The second-order valence-electron chi connectivity index (χ2n) is 6.97. The molecule has 1 saturated carbocycles. The Morgan fingerprint density at radius 1 is 0.963 bits per heavy atom. The average Bonchev–Trinajstić information content (AvgIpc) is 2.94. The summed E-state index contributed by atoms with van der Waals surface area (Å²) in [5, 5.41) is 2.82. The summed E-state index contributed by atoms with van der Waals surface area (Å²) in [6, 6.07) is 12.0. The third-order valence-corrected chi connectivity index (χ3v) is 5.93. The third kappa shape index (κ3) is 3.30. The largest absolute Gasteiger partial charge is 0.321 e. The third-order valence-electron chi connectivity index (χ3n) is 5.24. The average molecular weight is 427 g/mol. The highest BCUT2D eigenvalue weighted by molar-refractivity contribution is 9.10. The van der Waals surface area contributed by atoms with Gasteiger partial charge in [-0.3, -0.25) is 19.3 Å². The Morgan fingerprint density at radius 3 is 2.41 bits per heavy atom. The SMILES string of the molecule is O=C(Nc1ccccc1Br)c1ccc2c(c1)C(=O)N(C1CCCCC1)C2=O. The Bertz CT molecular complexity index is 935. The minimum atomic E-state index is -0.318. The molecule has 1 aliphatic carbocycles. The molecule has 1 N–H and O–H groups in total. The number of nitrogens with one attached hydrogen (secondary N) is 1. The first kappa shape index (κ1) is 17.9. The molecule has 1 aliphatic heterocycles. The number of rotatable bonds is 3. The molecular weight excluding hydrogens is 408 g/mol. The maximum atomic E-state index is 12.9. The highest BCUT2D eigenvalue weighted by atomic mass is 79.9. The van der Waals surface area contributed by atoms with E-state index >= 15 is 0 Å². The van der Waals surface area contributed by atoms with E-state index in [1.54, 1.807) is 18.2 Å². The molecule has 4 rings (SSSR count). The number of carbonyl (C=O) groups is 3. The molecule has 0 atom stereocenters. The van der Waals surface area contributed by atoms with Crippen LogP contribution in [-0.4, -0.2) is 28.7 Å². The molecule has 2 aromatic rings. The van der Waals surface area contributed by atoms with Crippen molar-refractivity contribution in [1.29, 1.82) is 0 Å². The van der Waals surface area contributed by atoms with Crippen LogP contribution in [0.3, 0.4) is 0 Å². The number of hydrogen-bond acceptors (Lipinski definition) is 3.